The van der Waals surface area contributed by atoms with Gasteiger partial charge in [-0.3, -0.25) is 0 Å². The molecule has 4 rings (SSSR count). The van der Waals surface area contributed by atoms with Crippen molar-refractivity contribution in [3.05, 3.63) is 23.7 Å². The van der Waals surface area contributed by atoms with Gasteiger partial charge >= 0.3 is 0 Å². The molecular formula is C16H24N4. The predicted molar refractivity (Wildman–Crippen MR) is 81.4 cm³/mol. The van der Waals surface area contributed by atoms with Gasteiger partial charge in [-0.15, -0.1) is 0 Å². The lowest BCUT2D eigenvalue weighted by Gasteiger charge is -2.45. The minimum absolute atomic E-state index is 0.518. The van der Waals surface area contributed by atoms with Gasteiger partial charge in [-0.05, 0) is 45.2 Å². The zero-order chi connectivity index (χ0) is 13.5. The Labute approximate surface area is 121 Å². The Morgan fingerprint density at radius 3 is 2.80 bits per heavy atom. The normalized spacial score (nSPS) is 33.1. The lowest BCUT2D eigenvalue weighted by molar-refractivity contribution is 0.226. The Balaban J connectivity index is 1.53. The van der Waals surface area contributed by atoms with E-state index in [1.54, 1.807) is 0 Å². The molecule has 1 unspecified atom stereocenters. The second-order valence-corrected chi connectivity index (χ2v) is 6.42. The second kappa shape index (κ2) is 4.92. The quantitative estimate of drug-likeness (QED) is 0.793. The number of hydrogen-bond donors (Lipinski definition) is 1. The molecule has 0 spiro atoms. The molecule has 4 nitrogen and oxygen atoms in total. The van der Waals surface area contributed by atoms with Crippen LogP contribution in [-0.2, 0) is 0 Å². The van der Waals surface area contributed by atoms with Crippen LogP contribution in [0.15, 0.2) is 28.7 Å². The third-order valence-corrected chi connectivity index (χ3v) is 4.98. The maximum Gasteiger partial charge on any atom is 0.135 e. The maximum absolute atomic E-state index is 4.89. The number of piperidine rings is 1. The van der Waals surface area contributed by atoms with E-state index in [9.17, 15) is 0 Å². The van der Waals surface area contributed by atoms with Crippen molar-refractivity contribution in [2.75, 3.05) is 19.6 Å². The first-order valence-corrected chi connectivity index (χ1v) is 8.09. The van der Waals surface area contributed by atoms with Gasteiger partial charge in [0.25, 0.3) is 0 Å². The summed E-state index contributed by atoms with van der Waals surface area (Å²) in [7, 11) is 0. The van der Waals surface area contributed by atoms with Crippen molar-refractivity contribution in [1.82, 2.24) is 15.1 Å². The molecule has 1 N–H and O–H groups in total. The van der Waals surface area contributed by atoms with E-state index in [0.29, 0.717) is 12.1 Å². The standard InChI is InChI=1S/C16H24N4/c1-12-11-20-14(13-6-2-3-7-17-13)10-15(20)18-16(12)19-8-4-5-9-19/h10-11,13-14,17H,2-9H2,1H3/t13-,14?/m0/s1. The van der Waals surface area contributed by atoms with E-state index in [4.69, 9.17) is 4.99 Å². The van der Waals surface area contributed by atoms with Crippen molar-refractivity contribution in [3.8, 4) is 0 Å². The lowest BCUT2D eigenvalue weighted by Crippen LogP contribution is -2.54. The number of fused-ring (bicyclic) bond motifs is 1. The van der Waals surface area contributed by atoms with Crippen molar-refractivity contribution >= 4 is 5.84 Å². The van der Waals surface area contributed by atoms with E-state index in [1.165, 1.54) is 63.1 Å². The lowest BCUT2D eigenvalue weighted by atomic mass is 9.92. The summed E-state index contributed by atoms with van der Waals surface area (Å²) in [5.41, 5.74) is 1.32. The fourth-order valence-electron chi connectivity index (χ4n) is 3.83. The van der Waals surface area contributed by atoms with Crippen molar-refractivity contribution in [3.63, 3.8) is 0 Å². The largest absolute Gasteiger partial charge is 0.356 e. The van der Waals surface area contributed by atoms with Gasteiger partial charge in [0.15, 0.2) is 0 Å². The number of rotatable bonds is 1. The fraction of sp³-hybridized carbons (Fsp3) is 0.688. The Bertz CT molecular complexity index is 479. The highest BCUT2D eigenvalue weighted by Crippen LogP contribution is 2.34. The van der Waals surface area contributed by atoms with Crippen LogP contribution in [0.4, 0.5) is 0 Å². The Morgan fingerprint density at radius 2 is 2.05 bits per heavy atom. The number of hydrogen-bond acceptors (Lipinski definition) is 4. The number of nitrogens with zero attached hydrogens (tertiary/aromatic N) is 3. The summed E-state index contributed by atoms with van der Waals surface area (Å²) < 4.78 is 0. The van der Waals surface area contributed by atoms with E-state index < -0.39 is 0 Å². The Hall–Kier alpha value is -1.29. The predicted octanol–water partition coefficient (Wildman–Crippen LogP) is 2.07. The highest BCUT2D eigenvalue weighted by molar-refractivity contribution is 5.99. The molecule has 4 aliphatic heterocycles. The minimum atomic E-state index is 0.518. The average Bonchev–Trinajstić information content (AvgIpc) is 2.98. The van der Waals surface area contributed by atoms with Gasteiger partial charge in [-0.25, -0.2) is 4.99 Å². The first-order valence-electron chi connectivity index (χ1n) is 8.09. The maximum atomic E-state index is 4.89. The van der Waals surface area contributed by atoms with Crippen LogP contribution in [0.5, 0.6) is 0 Å². The van der Waals surface area contributed by atoms with E-state index >= 15 is 0 Å². The molecule has 2 atom stereocenters. The summed E-state index contributed by atoms with van der Waals surface area (Å²) in [4.78, 5) is 9.71. The zero-order valence-corrected chi connectivity index (χ0v) is 12.3. The third-order valence-electron chi connectivity index (χ3n) is 4.98. The molecule has 0 amide bonds. The molecular weight excluding hydrogens is 248 g/mol. The average molecular weight is 272 g/mol. The van der Waals surface area contributed by atoms with Crippen LogP contribution in [0, 0.1) is 0 Å². The Kier molecular flexibility index (Phi) is 3.06. The molecule has 2 saturated heterocycles. The van der Waals surface area contributed by atoms with Crippen molar-refractivity contribution < 1.29 is 0 Å². The molecule has 0 radical (unpaired) electrons. The summed E-state index contributed by atoms with van der Waals surface area (Å²) >= 11 is 0. The number of likely N-dealkylation sites (tertiary alicyclic amines) is 1. The van der Waals surface area contributed by atoms with E-state index in [1.807, 2.05) is 0 Å². The molecule has 0 bridgehead atoms. The topological polar surface area (TPSA) is 30.9 Å². The van der Waals surface area contributed by atoms with Crippen LogP contribution in [0.3, 0.4) is 0 Å². The summed E-state index contributed by atoms with van der Waals surface area (Å²) in [6.07, 6.45) is 11.3. The molecule has 0 aromatic rings. The fourth-order valence-corrected chi connectivity index (χ4v) is 3.83. The summed E-state index contributed by atoms with van der Waals surface area (Å²) in [6, 6.07) is 1.13. The molecule has 20 heavy (non-hydrogen) atoms. The number of amidine groups is 1. The summed E-state index contributed by atoms with van der Waals surface area (Å²) in [5.74, 6) is 2.37. The molecule has 4 heterocycles. The van der Waals surface area contributed by atoms with Gasteiger partial charge in [0.2, 0.25) is 0 Å². The van der Waals surface area contributed by atoms with Gasteiger partial charge < -0.3 is 15.1 Å². The molecule has 2 fully saturated rings. The number of aliphatic imine (C=N–C) groups is 1. The first-order chi connectivity index (χ1) is 9.83. The van der Waals surface area contributed by atoms with Gasteiger partial charge in [-0.2, -0.15) is 0 Å². The monoisotopic (exact) mass is 272 g/mol. The molecule has 0 saturated carbocycles. The molecule has 0 aromatic heterocycles. The van der Waals surface area contributed by atoms with Crippen LogP contribution in [0.25, 0.3) is 0 Å². The summed E-state index contributed by atoms with van der Waals surface area (Å²) in [6.45, 7) is 5.72. The molecule has 4 aliphatic rings. The van der Waals surface area contributed by atoms with Crippen molar-refractivity contribution in [2.45, 2.75) is 51.1 Å². The smallest absolute Gasteiger partial charge is 0.135 e. The summed E-state index contributed by atoms with van der Waals surface area (Å²) in [5, 5.41) is 3.66. The first kappa shape index (κ1) is 12.5. The van der Waals surface area contributed by atoms with Crippen LogP contribution in [0.2, 0.25) is 0 Å². The SMILES string of the molecule is CC1=CN2C(=CC2[C@@H]2CCCCN2)N=C1N1CCCC1. The van der Waals surface area contributed by atoms with Crippen LogP contribution in [0.1, 0.15) is 39.0 Å². The van der Waals surface area contributed by atoms with E-state index in [2.05, 4.69) is 34.3 Å². The third kappa shape index (κ3) is 1.97. The van der Waals surface area contributed by atoms with Gasteiger partial charge in [-0.1, -0.05) is 6.42 Å². The van der Waals surface area contributed by atoms with E-state index in [-0.39, 0.29) is 0 Å². The van der Waals surface area contributed by atoms with Crippen molar-refractivity contribution in [2.24, 2.45) is 4.99 Å². The molecule has 4 heteroatoms. The van der Waals surface area contributed by atoms with Gasteiger partial charge in [0.05, 0.1) is 6.04 Å². The van der Waals surface area contributed by atoms with Gasteiger partial charge in [0, 0.05) is 30.9 Å². The minimum Gasteiger partial charge on any atom is -0.356 e. The highest BCUT2D eigenvalue weighted by Gasteiger charge is 2.37. The molecule has 108 valence electrons. The van der Waals surface area contributed by atoms with Crippen molar-refractivity contribution in [1.29, 1.82) is 0 Å². The van der Waals surface area contributed by atoms with E-state index in [0.717, 1.165) is 5.82 Å². The van der Waals surface area contributed by atoms with Crippen LogP contribution >= 0.6 is 0 Å². The zero-order valence-electron chi connectivity index (χ0n) is 12.3. The van der Waals surface area contributed by atoms with Crippen LogP contribution in [-0.4, -0.2) is 47.4 Å². The Morgan fingerprint density at radius 1 is 1.20 bits per heavy atom. The molecule has 0 aromatic carbocycles. The second-order valence-electron chi connectivity index (χ2n) is 6.42. The number of nitrogens with one attached hydrogen (secondary N) is 1. The van der Waals surface area contributed by atoms with Gasteiger partial charge in [0.1, 0.15) is 11.7 Å². The van der Waals surface area contributed by atoms with Crippen LogP contribution < -0.4 is 5.32 Å². The molecule has 0 aliphatic carbocycles. The highest BCUT2D eigenvalue weighted by atomic mass is 15.3.